The van der Waals surface area contributed by atoms with E-state index in [0.717, 1.165) is 31.0 Å². The molecule has 0 saturated heterocycles. The van der Waals surface area contributed by atoms with E-state index in [4.69, 9.17) is 21.1 Å². The second kappa shape index (κ2) is 5.54. The van der Waals surface area contributed by atoms with E-state index in [2.05, 4.69) is 15.9 Å². The fourth-order valence-electron chi connectivity index (χ4n) is 1.36. The van der Waals surface area contributed by atoms with Crippen LogP contribution in [0.3, 0.4) is 0 Å². The van der Waals surface area contributed by atoms with Crippen LogP contribution >= 0.6 is 11.6 Å². The van der Waals surface area contributed by atoms with E-state index in [-0.39, 0.29) is 0 Å². The molecule has 0 spiro atoms. The van der Waals surface area contributed by atoms with Gasteiger partial charge in [-0.3, -0.25) is 0 Å². The molecule has 0 aromatic heterocycles. The summed E-state index contributed by atoms with van der Waals surface area (Å²) in [5.41, 5.74) is 0. The Balaban J connectivity index is 2.01. The Kier molecular flexibility index (Phi) is 4.06. The summed E-state index contributed by atoms with van der Waals surface area (Å²) in [6, 6.07) is 7.23. The summed E-state index contributed by atoms with van der Waals surface area (Å²) in [5.74, 6) is 1.54. The predicted octanol–water partition coefficient (Wildman–Crippen LogP) is 3.09. The van der Waals surface area contributed by atoms with Crippen molar-refractivity contribution in [2.45, 2.75) is 12.8 Å². The fraction of sp³-hybridized carbons (Fsp3) is 0.250. The molecule has 0 radical (unpaired) electrons. The zero-order chi connectivity index (χ0) is 11.4. The third kappa shape index (κ3) is 3.12. The molecule has 84 valence electrons. The van der Waals surface area contributed by atoms with Crippen LogP contribution in [0, 0.1) is 0 Å². The first kappa shape index (κ1) is 11.7. The Morgan fingerprint density at radius 1 is 1.31 bits per heavy atom. The molecule has 4 heteroatoms. The van der Waals surface area contributed by atoms with Crippen molar-refractivity contribution in [3.05, 3.63) is 41.1 Å². The van der Waals surface area contributed by atoms with Gasteiger partial charge in [-0.05, 0) is 0 Å². The van der Waals surface area contributed by atoms with Crippen molar-refractivity contribution in [2.24, 2.45) is 0 Å². The molecule has 0 bridgehead atoms. The number of halogens is 1. The zero-order valence-corrected chi connectivity index (χ0v) is 10.6. The summed E-state index contributed by atoms with van der Waals surface area (Å²) in [6.07, 6.45) is 4.13. The molecule has 0 aliphatic carbocycles. The molecule has 0 fully saturated rings. The molecule has 1 aliphatic rings. The third-order valence-electron chi connectivity index (χ3n) is 2.16. The van der Waals surface area contributed by atoms with Gasteiger partial charge in [-0.1, -0.05) is 0 Å². The van der Waals surface area contributed by atoms with Crippen molar-refractivity contribution in [2.75, 3.05) is 6.61 Å². The van der Waals surface area contributed by atoms with Gasteiger partial charge >= 0.3 is 108 Å². The fourth-order valence-corrected chi connectivity index (χ4v) is 1.86. The van der Waals surface area contributed by atoms with Crippen LogP contribution in [0.15, 0.2) is 36.1 Å². The summed E-state index contributed by atoms with van der Waals surface area (Å²) < 4.78 is 11.8. The molecular weight excluding hydrogens is 264 g/mol. The van der Waals surface area contributed by atoms with Gasteiger partial charge in [-0.15, -0.1) is 0 Å². The molecule has 1 heterocycles. The average Bonchev–Trinajstić information content (AvgIpc) is 2.33. The van der Waals surface area contributed by atoms with Gasteiger partial charge in [-0.25, -0.2) is 0 Å². The van der Waals surface area contributed by atoms with Crippen molar-refractivity contribution < 1.29 is 25.3 Å². The molecule has 0 saturated carbocycles. The number of allylic oxidation sites excluding steroid dienone is 1. The SMILES string of the molecule is Clc1ccc(O[C](=[Cr])C2=CCCCO2)cc1. The quantitative estimate of drug-likeness (QED) is 0.843. The molecule has 0 N–H and O–H groups in total. The van der Waals surface area contributed by atoms with Crippen LogP contribution in [0.1, 0.15) is 12.8 Å². The second-order valence-electron chi connectivity index (χ2n) is 3.40. The number of hydrogen-bond acceptors (Lipinski definition) is 2. The monoisotopic (exact) mass is 274 g/mol. The Morgan fingerprint density at radius 2 is 2.06 bits per heavy atom. The van der Waals surface area contributed by atoms with Gasteiger partial charge in [0.2, 0.25) is 0 Å². The van der Waals surface area contributed by atoms with Crippen molar-refractivity contribution in [3.8, 4) is 5.75 Å². The van der Waals surface area contributed by atoms with Gasteiger partial charge in [0.15, 0.2) is 0 Å². The van der Waals surface area contributed by atoms with E-state index in [1.807, 2.05) is 18.2 Å². The van der Waals surface area contributed by atoms with Crippen LogP contribution < -0.4 is 4.74 Å². The average molecular weight is 275 g/mol. The molecule has 1 aromatic carbocycles. The van der Waals surface area contributed by atoms with Crippen LogP contribution in [-0.4, -0.2) is 11.2 Å². The van der Waals surface area contributed by atoms with Gasteiger partial charge in [0, 0.05) is 0 Å². The van der Waals surface area contributed by atoms with Crippen LogP contribution in [0.5, 0.6) is 5.75 Å². The summed E-state index contributed by atoms with van der Waals surface area (Å²) in [6.45, 7) is 0.751. The standard InChI is InChI=1S/C12H11ClO2.Cr/c13-10-4-6-11(7-5-10)15-9-12-3-1-2-8-14-12;/h3-7H,1-2,8H2;. The normalized spacial score (nSPS) is 14.9. The molecule has 0 amide bonds. The van der Waals surface area contributed by atoms with Crippen LogP contribution in [0.4, 0.5) is 0 Å². The Bertz CT molecular complexity index is 412. The molecule has 1 aromatic rings. The molecule has 1 aliphatic heterocycles. The van der Waals surface area contributed by atoms with E-state index >= 15 is 0 Å². The molecule has 16 heavy (non-hydrogen) atoms. The van der Waals surface area contributed by atoms with Gasteiger partial charge in [-0.2, -0.15) is 0 Å². The van der Waals surface area contributed by atoms with E-state index in [0.29, 0.717) is 9.59 Å². The van der Waals surface area contributed by atoms with E-state index in [1.54, 1.807) is 12.1 Å². The molecular formula is C12H11ClCrO2. The van der Waals surface area contributed by atoms with Gasteiger partial charge in [0.25, 0.3) is 0 Å². The third-order valence-corrected chi connectivity index (χ3v) is 2.86. The predicted molar refractivity (Wildman–Crippen MR) is 60.4 cm³/mol. The number of ether oxygens (including phenoxy) is 2. The van der Waals surface area contributed by atoms with Gasteiger partial charge < -0.3 is 0 Å². The van der Waals surface area contributed by atoms with Gasteiger partial charge in [0.05, 0.1) is 0 Å². The summed E-state index contributed by atoms with van der Waals surface area (Å²) in [5, 5.41) is 0.696. The maximum atomic E-state index is 5.79. The van der Waals surface area contributed by atoms with E-state index < -0.39 is 0 Å². The molecule has 0 unspecified atom stereocenters. The van der Waals surface area contributed by atoms with Crippen LogP contribution in [-0.2, 0) is 20.6 Å². The van der Waals surface area contributed by atoms with E-state index in [1.165, 1.54) is 0 Å². The Hall–Kier alpha value is -0.748. The topological polar surface area (TPSA) is 18.5 Å². The van der Waals surface area contributed by atoms with Crippen molar-refractivity contribution >= 4 is 16.2 Å². The first-order valence-electron chi connectivity index (χ1n) is 5.06. The Labute approximate surface area is 108 Å². The first-order chi connectivity index (χ1) is 7.75. The van der Waals surface area contributed by atoms with Crippen molar-refractivity contribution in [3.63, 3.8) is 0 Å². The number of benzene rings is 1. The van der Waals surface area contributed by atoms with Crippen molar-refractivity contribution in [1.29, 1.82) is 0 Å². The minimum absolute atomic E-state index is 0.669. The molecule has 2 rings (SSSR count). The summed E-state index contributed by atoms with van der Waals surface area (Å²) in [7, 11) is 0. The van der Waals surface area contributed by atoms with Gasteiger partial charge in [0.1, 0.15) is 0 Å². The molecule has 2 nitrogen and oxygen atoms in total. The van der Waals surface area contributed by atoms with Crippen LogP contribution in [0.25, 0.3) is 0 Å². The Morgan fingerprint density at radius 3 is 2.69 bits per heavy atom. The minimum atomic E-state index is 0.669. The maximum absolute atomic E-state index is 5.79. The van der Waals surface area contributed by atoms with Crippen LogP contribution in [0.2, 0.25) is 5.02 Å². The van der Waals surface area contributed by atoms with Crippen molar-refractivity contribution in [1.82, 2.24) is 0 Å². The number of hydrogen-bond donors (Lipinski definition) is 0. The summed E-state index contributed by atoms with van der Waals surface area (Å²) in [4.78, 5) is 0. The zero-order valence-electron chi connectivity index (χ0n) is 8.61. The number of rotatable bonds is 3. The summed E-state index contributed by atoms with van der Waals surface area (Å²) >= 11 is 8.67. The van der Waals surface area contributed by atoms with E-state index in [9.17, 15) is 0 Å². The first-order valence-corrected chi connectivity index (χ1v) is 6.08. The molecule has 0 atom stereocenters. The second-order valence-corrected chi connectivity index (χ2v) is 4.42.